The van der Waals surface area contributed by atoms with Crippen LogP contribution in [0.2, 0.25) is 0 Å². The van der Waals surface area contributed by atoms with Crippen molar-refractivity contribution in [2.45, 2.75) is 31.7 Å². The Morgan fingerprint density at radius 1 is 1.07 bits per heavy atom. The van der Waals surface area contributed by atoms with Gasteiger partial charge in [-0.25, -0.2) is 0 Å². The number of benzene rings is 2. The number of amides is 1. The third-order valence-electron chi connectivity index (χ3n) is 4.82. The Labute approximate surface area is 167 Å². The number of nitrogens with zero attached hydrogens (tertiary/aromatic N) is 1. The predicted octanol–water partition coefficient (Wildman–Crippen LogP) is 3.52. The first-order valence-corrected chi connectivity index (χ1v) is 9.46. The molecule has 0 spiro atoms. The monoisotopic (exact) mass is 408 g/mol. The minimum Gasteiger partial charge on any atom is -0.406 e. The molecule has 1 aliphatic rings. The lowest BCUT2D eigenvalue weighted by Gasteiger charge is -2.31. The molecular formula is C21H23F3N2O3. The van der Waals surface area contributed by atoms with Gasteiger partial charge in [0.05, 0.1) is 6.10 Å². The molecule has 2 N–H and O–H groups in total. The van der Waals surface area contributed by atoms with Gasteiger partial charge < -0.3 is 20.1 Å². The number of aliphatic hydroxyl groups excluding tert-OH is 1. The number of carbonyl (C=O) groups is 1. The molecule has 1 amide bonds. The van der Waals surface area contributed by atoms with Crippen molar-refractivity contribution in [2.24, 2.45) is 0 Å². The highest BCUT2D eigenvalue weighted by Crippen LogP contribution is 2.23. The Kier molecular flexibility index (Phi) is 6.64. The minimum absolute atomic E-state index is 0.206. The minimum atomic E-state index is -4.71. The lowest BCUT2D eigenvalue weighted by atomic mass is 10.1. The molecule has 1 heterocycles. The number of hydrogen-bond acceptors (Lipinski definition) is 4. The van der Waals surface area contributed by atoms with Crippen molar-refractivity contribution in [3.05, 3.63) is 59.7 Å². The van der Waals surface area contributed by atoms with Crippen LogP contribution in [0.1, 0.15) is 28.8 Å². The van der Waals surface area contributed by atoms with E-state index in [9.17, 15) is 23.1 Å². The summed E-state index contributed by atoms with van der Waals surface area (Å²) in [5.41, 5.74) is 2.36. The van der Waals surface area contributed by atoms with Gasteiger partial charge in [0.1, 0.15) is 5.75 Å². The topological polar surface area (TPSA) is 61.8 Å². The first kappa shape index (κ1) is 21.0. The average Bonchev–Trinajstić information content (AvgIpc) is 2.69. The van der Waals surface area contributed by atoms with Gasteiger partial charge in [-0.3, -0.25) is 4.79 Å². The number of halogens is 3. The molecule has 0 aliphatic carbocycles. The van der Waals surface area contributed by atoms with E-state index in [1.807, 2.05) is 12.1 Å². The van der Waals surface area contributed by atoms with Gasteiger partial charge in [0, 0.05) is 30.9 Å². The molecule has 2 aromatic carbocycles. The van der Waals surface area contributed by atoms with Gasteiger partial charge in [-0.1, -0.05) is 12.1 Å². The number of rotatable bonds is 6. The lowest BCUT2D eigenvalue weighted by Crippen LogP contribution is -2.35. The zero-order valence-electron chi connectivity index (χ0n) is 15.8. The van der Waals surface area contributed by atoms with E-state index in [-0.39, 0.29) is 17.8 Å². The normalized spacial score (nSPS) is 15.2. The van der Waals surface area contributed by atoms with Crippen molar-refractivity contribution < 1.29 is 27.8 Å². The number of ether oxygens (including phenoxy) is 1. The number of nitrogens with one attached hydrogen (secondary N) is 1. The number of hydrogen-bond donors (Lipinski definition) is 2. The number of anilines is 1. The second-order valence-corrected chi connectivity index (χ2v) is 6.96. The highest BCUT2D eigenvalue weighted by atomic mass is 19.4. The smallest absolute Gasteiger partial charge is 0.406 e. The molecule has 0 atom stereocenters. The fourth-order valence-corrected chi connectivity index (χ4v) is 3.23. The Morgan fingerprint density at radius 3 is 2.28 bits per heavy atom. The first-order valence-electron chi connectivity index (χ1n) is 9.46. The van der Waals surface area contributed by atoms with Crippen molar-refractivity contribution in [3.8, 4) is 5.75 Å². The lowest BCUT2D eigenvalue weighted by molar-refractivity contribution is -0.274. The number of aliphatic hydroxyl groups is 1. The molecule has 29 heavy (non-hydrogen) atoms. The molecule has 0 saturated carbocycles. The average molecular weight is 408 g/mol. The van der Waals surface area contributed by atoms with Gasteiger partial charge in [-0.2, -0.15) is 0 Å². The summed E-state index contributed by atoms with van der Waals surface area (Å²) in [7, 11) is 0. The van der Waals surface area contributed by atoms with Gasteiger partial charge in [0.25, 0.3) is 5.91 Å². The molecular weight excluding hydrogens is 385 g/mol. The van der Waals surface area contributed by atoms with Crippen molar-refractivity contribution in [3.63, 3.8) is 0 Å². The molecule has 1 aliphatic heterocycles. The molecule has 0 unspecified atom stereocenters. The van der Waals surface area contributed by atoms with Crippen LogP contribution in [0.5, 0.6) is 5.75 Å². The van der Waals surface area contributed by atoms with E-state index in [4.69, 9.17) is 0 Å². The molecule has 0 bridgehead atoms. The zero-order valence-corrected chi connectivity index (χ0v) is 15.8. The number of carbonyl (C=O) groups excluding carboxylic acids is 1. The second kappa shape index (κ2) is 9.17. The highest BCUT2D eigenvalue weighted by molar-refractivity contribution is 5.94. The molecule has 0 radical (unpaired) electrons. The fraction of sp³-hybridized carbons (Fsp3) is 0.381. The van der Waals surface area contributed by atoms with Crippen LogP contribution in [0, 0.1) is 0 Å². The van der Waals surface area contributed by atoms with Crippen LogP contribution in [-0.2, 0) is 6.42 Å². The van der Waals surface area contributed by atoms with Crippen molar-refractivity contribution in [1.29, 1.82) is 0 Å². The summed E-state index contributed by atoms with van der Waals surface area (Å²) >= 11 is 0. The molecule has 8 heteroatoms. The molecule has 0 aromatic heterocycles. The highest BCUT2D eigenvalue weighted by Gasteiger charge is 2.30. The number of alkyl halides is 3. The zero-order chi connectivity index (χ0) is 20.9. The summed E-state index contributed by atoms with van der Waals surface area (Å²) in [6, 6.07) is 12.9. The maximum absolute atomic E-state index is 12.3. The molecule has 156 valence electrons. The van der Waals surface area contributed by atoms with Crippen molar-refractivity contribution >= 4 is 11.6 Å². The summed E-state index contributed by atoms with van der Waals surface area (Å²) in [4.78, 5) is 14.5. The van der Waals surface area contributed by atoms with E-state index in [1.165, 1.54) is 24.3 Å². The molecule has 1 saturated heterocycles. The van der Waals surface area contributed by atoms with Gasteiger partial charge in [-0.05, 0) is 61.2 Å². The fourth-order valence-electron chi connectivity index (χ4n) is 3.23. The summed E-state index contributed by atoms with van der Waals surface area (Å²) in [6.07, 6.45) is -2.96. The quantitative estimate of drug-likeness (QED) is 0.768. The second-order valence-electron chi connectivity index (χ2n) is 6.96. The van der Waals surface area contributed by atoms with Crippen LogP contribution in [0.15, 0.2) is 48.5 Å². The Hall–Kier alpha value is -2.74. The van der Waals surface area contributed by atoms with Gasteiger partial charge in [0.2, 0.25) is 0 Å². The van der Waals surface area contributed by atoms with Crippen LogP contribution in [0.4, 0.5) is 18.9 Å². The largest absolute Gasteiger partial charge is 0.573 e. The predicted molar refractivity (Wildman–Crippen MR) is 103 cm³/mol. The van der Waals surface area contributed by atoms with Crippen LogP contribution in [-0.4, -0.2) is 43.1 Å². The van der Waals surface area contributed by atoms with E-state index in [0.29, 0.717) is 18.5 Å². The standard InChI is InChI=1S/C21H23F3N2O3/c22-21(23,24)29-19-7-1-15(2-8-19)9-12-25-20(28)16-3-5-17(6-4-16)26-13-10-18(27)11-14-26/h1-8,18,27H,9-14H2,(H,25,28). The third kappa shape index (κ3) is 6.39. The van der Waals surface area contributed by atoms with Crippen LogP contribution < -0.4 is 15.0 Å². The van der Waals surface area contributed by atoms with Crippen LogP contribution in [0.3, 0.4) is 0 Å². The maximum Gasteiger partial charge on any atom is 0.573 e. The summed E-state index contributed by atoms with van der Waals surface area (Å²) in [6.45, 7) is 1.95. The molecule has 2 aromatic rings. The van der Waals surface area contributed by atoms with E-state index in [1.54, 1.807) is 12.1 Å². The van der Waals surface area contributed by atoms with Crippen LogP contribution in [0.25, 0.3) is 0 Å². The number of piperidine rings is 1. The summed E-state index contributed by atoms with van der Waals surface area (Å²) < 4.78 is 40.3. The van der Waals surface area contributed by atoms with Gasteiger partial charge >= 0.3 is 6.36 Å². The van der Waals surface area contributed by atoms with E-state index in [0.717, 1.165) is 37.2 Å². The van der Waals surface area contributed by atoms with Crippen LogP contribution >= 0.6 is 0 Å². The summed E-state index contributed by atoms with van der Waals surface area (Å²) in [5, 5.41) is 12.4. The SMILES string of the molecule is O=C(NCCc1ccc(OC(F)(F)F)cc1)c1ccc(N2CCC(O)CC2)cc1. The third-order valence-corrected chi connectivity index (χ3v) is 4.82. The Balaban J connectivity index is 1.46. The van der Waals surface area contributed by atoms with E-state index >= 15 is 0 Å². The molecule has 5 nitrogen and oxygen atoms in total. The van der Waals surface area contributed by atoms with Crippen molar-refractivity contribution in [1.82, 2.24) is 5.32 Å². The maximum atomic E-state index is 12.3. The summed E-state index contributed by atoms with van der Waals surface area (Å²) in [5.74, 6) is -0.476. The van der Waals surface area contributed by atoms with Gasteiger partial charge in [0.15, 0.2) is 0 Å². The van der Waals surface area contributed by atoms with Gasteiger partial charge in [-0.15, -0.1) is 13.2 Å². The van der Waals surface area contributed by atoms with E-state index < -0.39 is 6.36 Å². The Morgan fingerprint density at radius 2 is 1.69 bits per heavy atom. The molecule has 1 fully saturated rings. The Bertz CT molecular complexity index is 799. The van der Waals surface area contributed by atoms with Crippen molar-refractivity contribution in [2.75, 3.05) is 24.5 Å². The van der Waals surface area contributed by atoms with E-state index in [2.05, 4.69) is 15.0 Å². The molecule has 3 rings (SSSR count). The first-order chi connectivity index (χ1) is 13.8.